The van der Waals surface area contributed by atoms with E-state index < -0.39 is 26.7 Å². The molecule has 2 aromatic rings. The van der Waals surface area contributed by atoms with Gasteiger partial charge in [0.05, 0.1) is 12.3 Å². The van der Waals surface area contributed by atoms with Crippen LogP contribution in [-0.4, -0.2) is 25.5 Å². The van der Waals surface area contributed by atoms with Crippen LogP contribution in [0.2, 0.25) is 0 Å². The molecule has 122 valence electrons. The molecule has 0 saturated carbocycles. The minimum Gasteiger partial charge on any atom is -0.395 e. The summed E-state index contributed by atoms with van der Waals surface area (Å²) in [5.41, 5.74) is 1.01. The van der Waals surface area contributed by atoms with Gasteiger partial charge in [-0.2, -0.15) is 0 Å². The van der Waals surface area contributed by atoms with Crippen LogP contribution in [0.1, 0.15) is 16.1 Å². The Balaban J connectivity index is 2.01. The third-order valence-electron chi connectivity index (χ3n) is 2.68. The maximum absolute atomic E-state index is 11.8. The van der Waals surface area contributed by atoms with E-state index in [1.165, 1.54) is 6.07 Å². The monoisotopic (exact) mass is 339 g/mol. The summed E-state index contributed by atoms with van der Waals surface area (Å²) < 4.78 is 29.4. The average molecular weight is 339 g/mol. The van der Waals surface area contributed by atoms with Crippen molar-refractivity contribution in [1.82, 2.24) is 5.32 Å². The number of amides is 1. The first-order valence-electron chi connectivity index (χ1n) is 6.34. The molecule has 0 radical (unpaired) electrons. The van der Waals surface area contributed by atoms with Crippen LogP contribution in [0.15, 0.2) is 40.8 Å². The topological polar surface area (TPSA) is 132 Å². The largest absolute Gasteiger partial charge is 0.433 e. The predicted octanol–water partition coefficient (Wildman–Crippen LogP) is 1.49. The van der Waals surface area contributed by atoms with Crippen molar-refractivity contribution in [3.8, 4) is 0 Å². The van der Waals surface area contributed by atoms with Gasteiger partial charge in [-0.1, -0.05) is 12.1 Å². The molecule has 2 rings (SSSR count). The van der Waals surface area contributed by atoms with Crippen molar-refractivity contribution < 1.29 is 22.6 Å². The van der Waals surface area contributed by atoms with Gasteiger partial charge in [0.25, 0.3) is 5.91 Å². The van der Waals surface area contributed by atoms with Gasteiger partial charge in [-0.25, -0.2) is 8.42 Å². The zero-order chi connectivity index (χ0) is 17.0. The normalized spacial score (nSPS) is 11.0. The summed E-state index contributed by atoms with van der Waals surface area (Å²) in [5, 5.41) is 13.0. The summed E-state index contributed by atoms with van der Waals surface area (Å²) in [7, 11) is -3.39. The SMILES string of the molecule is CS(=O)(=O)Nc1cccc(CNC(=O)c2ccc([N+](=O)[O-])o2)c1. The van der Waals surface area contributed by atoms with Crippen LogP contribution in [-0.2, 0) is 16.6 Å². The van der Waals surface area contributed by atoms with Gasteiger partial charge in [0.15, 0.2) is 5.76 Å². The highest BCUT2D eigenvalue weighted by Gasteiger charge is 2.16. The Morgan fingerprint density at radius 1 is 1.30 bits per heavy atom. The lowest BCUT2D eigenvalue weighted by atomic mass is 10.2. The van der Waals surface area contributed by atoms with E-state index in [2.05, 4.69) is 10.0 Å². The van der Waals surface area contributed by atoms with Crippen molar-refractivity contribution >= 4 is 27.5 Å². The van der Waals surface area contributed by atoms with Gasteiger partial charge in [-0.3, -0.25) is 19.6 Å². The smallest absolute Gasteiger partial charge is 0.395 e. The number of nitrogens with one attached hydrogen (secondary N) is 2. The number of hydrogen-bond acceptors (Lipinski definition) is 6. The lowest BCUT2D eigenvalue weighted by molar-refractivity contribution is -0.402. The van der Waals surface area contributed by atoms with E-state index in [1.54, 1.807) is 24.3 Å². The second-order valence-corrected chi connectivity index (χ2v) is 6.40. The molecule has 10 heteroatoms. The molecule has 0 spiro atoms. The van der Waals surface area contributed by atoms with Crippen LogP contribution < -0.4 is 10.0 Å². The standard InChI is InChI=1S/C13H13N3O6S/c1-23(20,21)15-10-4-2-3-9(7-10)8-14-13(17)11-5-6-12(22-11)16(18)19/h2-7,15H,8H2,1H3,(H,14,17). The van der Waals surface area contributed by atoms with Crippen molar-refractivity contribution in [1.29, 1.82) is 0 Å². The molecular weight excluding hydrogens is 326 g/mol. The lowest BCUT2D eigenvalue weighted by Gasteiger charge is -2.07. The van der Waals surface area contributed by atoms with Crippen molar-refractivity contribution in [2.45, 2.75) is 6.54 Å². The van der Waals surface area contributed by atoms with Gasteiger partial charge in [-0.15, -0.1) is 0 Å². The highest BCUT2D eigenvalue weighted by atomic mass is 32.2. The summed E-state index contributed by atoms with van der Waals surface area (Å²) in [5.74, 6) is -1.31. The van der Waals surface area contributed by atoms with Crippen LogP contribution in [0.5, 0.6) is 0 Å². The summed E-state index contributed by atoms with van der Waals surface area (Å²) in [4.78, 5) is 21.6. The molecular formula is C13H13N3O6S. The maximum Gasteiger partial charge on any atom is 0.433 e. The Labute approximate surface area is 131 Å². The first-order valence-corrected chi connectivity index (χ1v) is 8.23. The molecule has 23 heavy (non-hydrogen) atoms. The van der Waals surface area contributed by atoms with Crippen LogP contribution in [0.25, 0.3) is 0 Å². The molecule has 0 aliphatic heterocycles. The fourth-order valence-electron chi connectivity index (χ4n) is 1.78. The van der Waals surface area contributed by atoms with E-state index in [4.69, 9.17) is 4.42 Å². The Hall–Kier alpha value is -2.88. The molecule has 9 nitrogen and oxygen atoms in total. The lowest BCUT2D eigenvalue weighted by Crippen LogP contribution is -2.22. The van der Waals surface area contributed by atoms with Crippen molar-refractivity contribution in [3.05, 3.63) is 57.8 Å². The van der Waals surface area contributed by atoms with E-state index in [-0.39, 0.29) is 12.3 Å². The van der Waals surface area contributed by atoms with Crippen molar-refractivity contribution in [3.63, 3.8) is 0 Å². The average Bonchev–Trinajstić information content (AvgIpc) is 2.93. The zero-order valence-electron chi connectivity index (χ0n) is 12.0. The summed E-state index contributed by atoms with van der Waals surface area (Å²) in [6.07, 6.45) is 1.03. The molecule has 1 heterocycles. The second kappa shape index (κ2) is 6.48. The Bertz CT molecular complexity index is 843. The van der Waals surface area contributed by atoms with E-state index in [0.717, 1.165) is 12.3 Å². The van der Waals surface area contributed by atoms with Crippen LogP contribution in [0.4, 0.5) is 11.6 Å². The number of furan rings is 1. The minimum atomic E-state index is -3.39. The summed E-state index contributed by atoms with van der Waals surface area (Å²) in [6.45, 7) is 0.104. The Morgan fingerprint density at radius 3 is 2.65 bits per heavy atom. The minimum absolute atomic E-state index is 0.104. The third-order valence-corrected chi connectivity index (χ3v) is 3.29. The molecule has 0 saturated heterocycles. The number of rotatable bonds is 6. The van der Waals surface area contributed by atoms with Crippen LogP contribution in [0, 0.1) is 10.1 Å². The Morgan fingerprint density at radius 2 is 2.04 bits per heavy atom. The van der Waals surface area contributed by atoms with E-state index >= 15 is 0 Å². The number of hydrogen-bond donors (Lipinski definition) is 2. The number of nitro groups is 1. The quantitative estimate of drug-likeness (QED) is 0.605. The third kappa shape index (κ3) is 4.81. The molecule has 1 aromatic heterocycles. The van der Waals surface area contributed by atoms with Crippen LogP contribution in [0.3, 0.4) is 0 Å². The van der Waals surface area contributed by atoms with Crippen molar-refractivity contribution in [2.24, 2.45) is 0 Å². The number of anilines is 1. The van der Waals surface area contributed by atoms with Gasteiger partial charge in [0.2, 0.25) is 10.0 Å². The van der Waals surface area contributed by atoms with E-state index in [1.807, 2.05) is 0 Å². The molecule has 0 atom stereocenters. The zero-order valence-corrected chi connectivity index (χ0v) is 12.8. The molecule has 0 aliphatic rings. The van der Waals surface area contributed by atoms with Crippen LogP contribution >= 0.6 is 0 Å². The number of carbonyl (C=O) groups is 1. The number of sulfonamides is 1. The maximum atomic E-state index is 11.8. The van der Waals surface area contributed by atoms with Gasteiger partial charge in [0.1, 0.15) is 4.92 Å². The first-order chi connectivity index (χ1) is 10.7. The molecule has 2 N–H and O–H groups in total. The number of benzene rings is 1. The summed E-state index contributed by atoms with van der Waals surface area (Å²) in [6, 6.07) is 8.75. The highest BCUT2D eigenvalue weighted by molar-refractivity contribution is 7.92. The van der Waals surface area contributed by atoms with E-state index in [9.17, 15) is 23.3 Å². The molecule has 1 aromatic carbocycles. The number of nitrogens with zero attached hydrogens (tertiary/aromatic N) is 1. The van der Waals surface area contributed by atoms with Gasteiger partial charge >= 0.3 is 5.88 Å². The fourth-order valence-corrected chi connectivity index (χ4v) is 2.33. The van der Waals surface area contributed by atoms with Gasteiger partial charge < -0.3 is 9.73 Å². The second-order valence-electron chi connectivity index (χ2n) is 4.65. The molecule has 0 aliphatic carbocycles. The molecule has 0 unspecified atom stereocenters. The molecule has 1 amide bonds. The molecule has 0 bridgehead atoms. The van der Waals surface area contributed by atoms with E-state index in [0.29, 0.717) is 11.3 Å². The Kier molecular flexibility index (Phi) is 4.65. The summed E-state index contributed by atoms with van der Waals surface area (Å²) >= 11 is 0. The fraction of sp³-hybridized carbons (Fsp3) is 0.154. The van der Waals surface area contributed by atoms with Crippen molar-refractivity contribution in [2.75, 3.05) is 11.0 Å². The van der Waals surface area contributed by atoms with Gasteiger partial charge in [0, 0.05) is 12.2 Å². The van der Waals surface area contributed by atoms with Gasteiger partial charge in [-0.05, 0) is 23.8 Å². The predicted molar refractivity (Wildman–Crippen MR) is 81.4 cm³/mol. The molecule has 0 fully saturated rings. The number of carbonyl (C=O) groups excluding carboxylic acids is 1. The highest BCUT2D eigenvalue weighted by Crippen LogP contribution is 2.16. The first kappa shape index (κ1) is 16.5.